The largest absolute Gasteiger partial charge is 0.383 e. The van der Waals surface area contributed by atoms with E-state index >= 15 is 0 Å². The van der Waals surface area contributed by atoms with E-state index in [-0.39, 0.29) is 5.82 Å². The Morgan fingerprint density at radius 1 is 1.29 bits per heavy atom. The first kappa shape index (κ1) is 12.3. The number of halogens is 3. The van der Waals surface area contributed by atoms with E-state index in [2.05, 4.69) is 20.9 Å². The van der Waals surface area contributed by atoms with Crippen LogP contribution < -0.4 is 5.73 Å². The topological polar surface area (TPSA) is 38.9 Å². The molecule has 2 aromatic rings. The summed E-state index contributed by atoms with van der Waals surface area (Å²) in [6.07, 6.45) is 1.97. The van der Waals surface area contributed by atoms with Gasteiger partial charge < -0.3 is 5.73 Å². The Labute approximate surface area is 112 Å². The number of aromatic nitrogens is 1. The molecule has 0 saturated heterocycles. The Morgan fingerprint density at radius 3 is 2.82 bits per heavy atom. The molecule has 0 amide bonds. The predicted molar refractivity (Wildman–Crippen MR) is 70.6 cm³/mol. The van der Waals surface area contributed by atoms with Crippen molar-refractivity contribution in [3.05, 3.63) is 56.9 Å². The van der Waals surface area contributed by atoms with Crippen LogP contribution in [0.1, 0.15) is 11.1 Å². The zero-order valence-electron chi connectivity index (χ0n) is 8.75. The van der Waals surface area contributed by atoms with E-state index in [4.69, 9.17) is 17.3 Å². The zero-order valence-corrected chi connectivity index (χ0v) is 11.1. The second-order valence-corrected chi connectivity index (χ2v) is 4.90. The second kappa shape index (κ2) is 5.02. The number of nitrogens with two attached hydrogens (primary N) is 1. The molecule has 0 fully saturated rings. The molecule has 17 heavy (non-hydrogen) atoms. The fourth-order valence-electron chi connectivity index (χ4n) is 1.52. The quantitative estimate of drug-likeness (QED) is 0.915. The van der Waals surface area contributed by atoms with Crippen molar-refractivity contribution < 1.29 is 4.39 Å². The number of hydrogen-bond acceptors (Lipinski definition) is 2. The lowest BCUT2D eigenvalue weighted by Gasteiger charge is -2.07. The van der Waals surface area contributed by atoms with Crippen LogP contribution in [0.5, 0.6) is 0 Å². The number of rotatable bonds is 2. The van der Waals surface area contributed by atoms with Gasteiger partial charge >= 0.3 is 0 Å². The van der Waals surface area contributed by atoms with Crippen LogP contribution in [-0.4, -0.2) is 4.98 Å². The minimum atomic E-state index is -0.281. The summed E-state index contributed by atoms with van der Waals surface area (Å²) < 4.78 is 14.0. The minimum absolute atomic E-state index is 0.281. The van der Waals surface area contributed by atoms with E-state index < -0.39 is 0 Å². The Bertz CT molecular complexity index is 511. The first-order valence-electron chi connectivity index (χ1n) is 4.90. The molecule has 0 unspecified atom stereocenters. The number of hydrogen-bond donors (Lipinski definition) is 1. The van der Waals surface area contributed by atoms with Crippen molar-refractivity contribution in [3.8, 4) is 0 Å². The van der Waals surface area contributed by atoms with Crippen molar-refractivity contribution >= 4 is 33.3 Å². The van der Waals surface area contributed by atoms with Gasteiger partial charge in [0.1, 0.15) is 11.6 Å². The Kier molecular flexibility index (Phi) is 3.64. The van der Waals surface area contributed by atoms with E-state index in [1.165, 1.54) is 18.3 Å². The summed E-state index contributed by atoms with van der Waals surface area (Å²) in [6.45, 7) is 0. The van der Waals surface area contributed by atoms with E-state index in [1.807, 2.05) is 0 Å². The molecule has 0 aliphatic carbocycles. The van der Waals surface area contributed by atoms with Gasteiger partial charge in [-0.15, -0.1) is 0 Å². The molecule has 1 aromatic carbocycles. The van der Waals surface area contributed by atoms with Gasteiger partial charge in [-0.1, -0.05) is 27.5 Å². The summed E-state index contributed by atoms with van der Waals surface area (Å²) >= 11 is 9.22. The van der Waals surface area contributed by atoms with E-state index in [0.717, 1.165) is 15.6 Å². The maximum Gasteiger partial charge on any atom is 0.126 e. The van der Waals surface area contributed by atoms with Gasteiger partial charge in [-0.2, -0.15) is 0 Å². The summed E-state index contributed by atoms with van der Waals surface area (Å²) in [5.41, 5.74) is 7.33. The maximum absolute atomic E-state index is 13.1. The van der Waals surface area contributed by atoms with Crippen LogP contribution in [-0.2, 0) is 6.42 Å². The molecule has 0 spiro atoms. The van der Waals surface area contributed by atoms with E-state index in [1.54, 1.807) is 12.1 Å². The maximum atomic E-state index is 13.1. The Balaban J connectivity index is 2.37. The summed E-state index contributed by atoms with van der Waals surface area (Å²) in [5.74, 6) is 0.127. The van der Waals surface area contributed by atoms with Crippen LogP contribution in [0.2, 0.25) is 5.02 Å². The van der Waals surface area contributed by atoms with E-state index in [9.17, 15) is 4.39 Å². The first-order chi connectivity index (χ1) is 8.06. The van der Waals surface area contributed by atoms with Crippen LogP contribution in [0.4, 0.5) is 10.2 Å². The molecule has 1 aromatic heterocycles. The second-order valence-electron chi connectivity index (χ2n) is 3.61. The smallest absolute Gasteiger partial charge is 0.126 e. The monoisotopic (exact) mass is 314 g/mol. The standard InChI is InChI=1S/C12H9BrClFN2/c13-11-2-1-10(15)5-7(11)3-8-4-9(14)6-17-12(8)16/h1-2,4-6H,3H2,(H2,16,17). The van der Waals surface area contributed by atoms with Gasteiger partial charge in [0, 0.05) is 22.7 Å². The van der Waals surface area contributed by atoms with Crippen molar-refractivity contribution in [1.29, 1.82) is 0 Å². The normalized spacial score (nSPS) is 10.5. The molecular weight excluding hydrogens is 307 g/mol. The van der Waals surface area contributed by atoms with Crippen molar-refractivity contribution in [2.75, 3.05) is 5.73 Å². The molecule has 0 aliphatic rings. The lowest BCUT2D eigenvalue weighted by atomic mass is 10.1. The lowest BCUT2D eigenvalue weighted by molar-refractivity contribution is 0.625. The summed E-state index contributed by atoms with van der Waals surface area (Å²) in [6, 6.07) is 6.26. The Morgan fingerprint density at radius 2 is 2.06 bits per heavy atom. The molecular formula is C12H9BrClFN2. The summed E-state index contributed by atoms with van der Waals surface area (Å²) in [4.78, 5) is 3.96. The fraction of sp³-hybridized carbons (Fsp3) is 0.0833. The fourth-order valence-corrected chi connectivity index (χ4v) is 2.08. The van der Waals surface area contributed by atoms with Gasteiger partial charge in [0.2, 0.25) is 0 Å². The van der Waals surface area contributed by atoms with Gasteiger partial charge in [-0.05, 0) is 29.8 Å². The molecule has 0 radical (unpaired) electrons. The van der Waals surface area contributed by atoms with Gasteiger partial charge in [-0.25, -0.2) is 9.37 Å². The third kappa shape index (κ3) is 2.96. The molecule has 2 N–H and O–H groups in total. The van der Waals surface area contributed by atoms with Crippen LogP contribution in [0.25, 0.3) is 0 Å². The van der Waals surface area contributed by atoms with Crippen molar-refractivity contribution in [3.63, 3.8) is 0 Å². The summed E-state index contributed by atoms with van der Waals surface area (Å²) in [5, 5.41) is 0.515. The average Bonchev–Trinajstić information content (AvgIpc) is 2.28. The molecule has 0 bridgehead atoms. The molecule has 0 saturated carbocycles. The van der Waals surface area contributed by atoms with Gasteiger partial charge in [0.25, 0.3) is 0 Å². The van der Waals surface area contributed by atoms with Crippen molar-refractivity contribution in [1.82, 2.24) is 4.98 Å². The highest BCUT2D eigenvalue weighted by Gasteiger charge is 2.07. The minimum Gasteiger partial charge on any atom is -0.383 e. The SMILES string of the molecule is Nc1ncc(Cl)cc1Cc1cc(F)ccc1Br. The highest BCUT2D eigenvalue weighted by Crippen LogP contribution is 2.24. The van der Waals surface area contributed by atoms with Crippen LogP contribution in [0.15, 0.2) is 34.9 Å². The Hall–Kier alpha value is -1.13. The number of benzene rings is 1. The number of nitrogen functional groups attached to an aromatic ring is 1. The van der Waals surface area contributed by atoms with Crippen LogP contribution in [0.3, 0.4) is 0 Å². The predicted octanol–water partition coefficient (Wildman–Crippen LogP) is 3.81. The zero-order chi connectivity index (χ0) is 12.4. The van der Waals surface area contributed by atoms with Crippen LogP contribution >= 0.6 is 27.5 Å². The lowest BCUT2D eigenvalue weighted by Crippen LogP contribution is -1.99. The van der Waals surface area contributed by atoms with Gasteiger partial charge in [-0.3, -0.25) is 0 Å². The third-order valence-corrected chi connectivity index (χ3v) is 3.34. The molecule has 1 heterocycles. The van der Waals surface area contributed by atoms with Crippen molar-refractivity contribution in [2.24, 2.45) is 0 Å². The highest BCUT2D eigenvalue weighted by atomic mass is 79.9. The number of nitrogens with zero attached hydrogens (tertiary/aromatic N) is 1. The molecule has 2 nitrogen and oxygen atoms in total. The van der Waals surface area contributed by atoms with Gasteiger partial charge in [0.15, 0.2) is 0 Å². The third-order valence-electron chi connectivity index (χ3n) is 2.36. The van der Waals surface area contributed by atoms with Crippen LogP contribution in [0, 0.1) is 5.82 Å². The van der Waals surface area contributed by atoms with Crippen molar-refractivity contribution in [2.45, 2.75) is 6.42 Å². The van der Waals surface area contributed by atoms with Gasteiger partial charge in [0.05, 0.1) is 5.02 Å². The summed E-state index contributed by atoms with van der Waals surface area (Å²) in [7, 11) is 0. The first-order valence-corrected chi connectivity index (χ1v) is 6.07. The average molecular weight is 316 g/mol. The van der Waals surface area contributed by atoms with E-state index in [0.29, 0.717) is 17.3 Å². The molecule has 88 valence electrons. The molecule has 0 aliphatic heterocycles. The number of anilines is 1. The molecule has 2 rings (SSSR count). The number of pyridine rings is 1. The molecule has 5 heteroatoms. The molecule has 0 atom stereocenters. The highest BCUT2D eigenvalue weighted by molar-refractivity contribution is 9.10.